The van der Waals surface area contributed by atoms with Crippen LogP contribution in [0.15, 0.2) is 48.5 Å². The highest BCUT2D eigenvalue weighted by Gasteiger charge is 2.22. The number of rotatable bonds is 8. The zero-order chi connectivity index (χ0) is 31.4. The van der Waals surface area contributed by atoms with E-state index in [0.717, 1.165) is 90.5 Å². The minimum Gasteiger partial charge on any atom is -0.496 e. The molecular weight excluding hydrogens is 560 g/mol. The number of ether oxygens (including phenoxy) is 8. The Hall–Kier alpha value is -4.72. The van der Waals surface area contributed by atoms with Gasteiger partial charge in [0, 0.05) is 70.2 Å². The van der Waals surface area contributed by atoms with E-state index >= 15 is 0 Å². The fourth-order valence-corrected chi connectivity index (χ4v) is 6.02. The number of hydrogen-bond acceptors (Lipinski definition) is 8. The van der Waals surface area contributed by atoms with Crippen LogP contribution in [0.3, 0.4) is 0 Å². The second-order valence-electron chi connectivity index (χ2n) is 10.6. The smallest absolute Gasteiger partial charge is 0.122 e. The minimum atomic E-state index is 0.539. The minimum absolute atomic E-state index is 0.539. The molecule has 10 aliphatic carbocycles. The molecule has 0 spiro atoms. The molecule has 0 aromatic heterocycles. The molecule has 232 valence electrons. The molecule has 14 rings (SSSR count). The van der Waals surface area contributed by atoms with Crippen LogP contribution in [0.5, 0.6) is 46.0 Å². The molecule has 0 saturated carbocycles. The molecule has 0 saturated heterocycles. The first-order chi connectivity index (χ1) is 21.4. The number of benzene rings is 4. The van der Waals surface area contributed by atoms with E-state index < -0.39 is 0 Å². The molecule has 0 amide bonds. The van der Waals surface area contributed by atoms with Gasteiger partial charge in [0.25, 0.3) is 0 Å². The van der Waals surface area contributed by atoms with E-state index in [1.165, 1.54) is 0 Å². The maximum atomic E-state index is 5.90. The molecule has 0 atom stereocenters. The number of methoxy groups -OCH3 is 8. The maximum Gasteiger partial charge on any atom is 0.122 e. The number of hydrogen-bond donors (Lipinski definition) is 0. The van der Waals surface area contributed by atoms with Crippen molar-refractivity contribution in [3.63, 3.8) is 0 Å². The van der Waals surface area contributed by atoms with Crippen molar-refractivity contribution in [2.75, 3.05) is 56.9 Å². The lowest BCUT2D eigenvalue weighted by Crippen LogP contribution is -2.06. The monoisotopic (exact) mass is 600 g/mol. The van der Waals surface area contributed by atoms with Gasteiger partial charge >= 0.3 is 0 Å². The summed E-state index contributed by atoms with van der Waals surface area (Å²) in [5.74, 6) is 5.99. The van der Waals surface area contributed by atoms with Gasteiger partial charge in [0.2, 0.25) is 0 Å². The van der Waals surface area contributed by atoms with Crippen LogP contribution in [-0.2, 0) is 25.7 Å². The lowest BCUT2D eigenvalue weighted by Gasteiger charge is -2.21. The van der Waals surface area contributed by atoms with Crippen LogP contribution < -0.4 is 37.9 Å². The van der Waals surface area contributed by atoms with E-state index in [9.17, 15) is 0 Å². The second kappa shape index (κ2) is 13.3. The Kier molecular flexibility index (Phi) is 9.28. The predicted molar refractivity (Wildman–Crippen MR) is 169 cm³/mol. The van der Waals surface area contributed by atoms with Crippen LogP contribution >= 0.6 is 0 Å². The SMILES string of the molecule is COc1cc2c(OC)cc1Cc1cc(OC)c(cc1OC)Cc1cc(OC)c(cc1OC)Cc1cc(OC)c(cc1OC)C2. The van der Waals surface area contributed by atoms with Gasteiger partial charge in [-0.25, -0.2) is 0 Å². The lowest BCUT2D eigenvalue weighted by atomic mass is 9.92. The molecule has 44 heavy (non-hydrogen) atoms. The summed E-state index contributed by atoms with van der Waals surface area (Å²) in [4.78, 5) is 0. The molecule has 0 N–H and O–H groups in total. The second-order valence-corrected chi connectivity index (χ2v) is 10.6. The Morgan fingerprint density at radius 3 is 0.455 bits per heavy atom. The standard InChI is InChI=1S/C36H40O8/c1-37-29-13-22-10-24-16-34(42-6)26(18-33(24)41-5)12-28-20-35(43-7)27(19-36(28)44-8)11-25-17-31(39-3)23(15-32(25)40-4)9-21(29)14-30(22)38-2/h13-20H,9-12H2,1-8H3. The van der Waals surface area contributed by atoms with E-state index in [-0.39, 0.29) is 0 Å². The Bertz CT molecular complexity index is 1290. The predicted octanol–water partition coefficient (Wildman–Crippen LogP) is 6.43. The van der Waals surface area contributed by atoms with E-state index in [2.05, 4.69) is 0 Å². The first kappa shape index (κ1) is 30.7. The van der Waals surface area contributed by atoms with Gasteiger partial charge in [-0.05, 0) is 48.5 Å². The molecule has 0 heterocycles. The quantitative estimate of drug-likeness (QED) is 0.202. The van der Waals surface area contributed by atoms with Crippen molar-refractivity contribution in [1.82, 2.24) is 0 Å². The molecule has 10 aliphatic rings. The third-order valence-electron chi connectivity index (χ3n) is 8.26. The molecule has 0 aliphatic heterocycles. The Morgan fingerprint density at radius 2 is 0.364 bits per heavy atom. The van der Waals surface area contributed by atoms with Crippen LogP contribution in [0.2, 0.25) is 0 Å². The highest BCUT2D eigenvalue weighted by atomic mass is 16.5. The van der Waals surface area contributed by atoms with Crippen molar-refractivity contribution in [3.8, 4) is 46.0 Å². The van der Waals surface area contributed by atoms with Crippen LogP contribution in [0, 0.1) is 0 Å². The Morgan fingerprint density at radius 1 is 0.250 bits per heavy atom. The highest BCUT2D eigenvalue weighted by molar-refractivity contribution is 5.58. The van der Waals surface area contributed by atoms with Gasteiger partial charge in [-0.3, -0.25) is 0 Å². The molecule has 8 bridgehead atoms. The summed E-state index contributed by atoms with van der Waals surface area (Å²) >= 11 is 0. The molecule has 8 nitrogen and oxygen atoms in total. The zero-order valence-corrected chi connectivity index (χ0v) is 26.7. The summed E-state index contributed by atoms with van der Waals surface area (Å²) in [5.41, 5.74) is 7.65. The van der Waals surface area contributed by atoms with E-state index in [4.69, 9.17) is 37.9 Å². The van der Waals surface area contributed by atoms with Crippen LogP contribution in [0.4, 0.5) is 0 Å². The molecule has 4 aromatic rings. The van der Waals surface area contributed by atoms with Gasteiger partial charge in [0.1, 0.15) is 46.0 Å². The maximum absolute atomic E-state index is 5.90. The van der Waals surface area contributed by atoms with Crippen molar-refractivity contribution in [2.24, 2.45) is 0 Å². The fourth-order valence-electron chi connectivity index (χ4n) is 6.02. The van der Waals surface area contributed by atoms with Crippen LogP contribution in [0.25, 0.3) is 0 Å². The largest absolute Gasteiger partial charge is 0.496 e. The van der Waals surface area contributed by atoms with E-state index in [0.29, 0.717) is 25.7 Å². The van der Waals surface area contributed by atoms with Crippen molar-refractivity contribution in [1.29, 1.82) is 0 Å². The van der Waals surface area contributed by atoms with Crippen molar-refractivity contribution in [2.45, 2.75) is 25.7 Å². The van der Waals surface area contributed by atoms with Crippen molar-refractivity contribution in [3.05, 3.63) is 93.0 Å². The summed E-state index contributed by atoms with van der Waals surface area (Å²) in [6.45, 7) is 0. The topological polar surface area (TPSA) is 73.8 Å². The summed E-state index contributed by atoms with van der Waals surface area (Å²) in [7, 11) is 13.4. The molecule has 0 radical (unpaired) electrons. The van der Waals surface area contributed by atoms with Gasteiger partial charge in [0.05, 0.1) is 56.9 Å². The van der Waals surface area contributed by atoms with Crippen molar-refractivity contribution >= 4 is 0 Å². The summed E-state index contributed by atoms with van der Waals surface area (Å²) in [6, 6.07) is 16.2. The third-order valence-corrected chi connectivity index (χ3v) is 8.26. The molecular formula is C36H40O8. The van der Waals surface area contributed by atoms with E-state index in [1.807, 2.05) is 48.5 Å². The fraction of sp³-hybridized carbons (Fsp3) is 0.333. The highest BCUT2D eigenvalue weighted by Crippen LogP contribution is 2.41. The molecule has 0 unspecified atom stereocenters. The third kappa shape index (κ3) is 5.89. The van der Waals surface area contributed by atoms with Gasteiger partial charge in [0.15, 0.2) is 0 Å². The molecule has 0 fully saturated rings. The first-order valence-corrected chi connectivity index (χ1v) is 14.3. The van der Waals surface area contributed by atoms with Gasteiger partial charge < -0.3 is 37.9 Å². The molecule has 8 heteroatoms. The Labute approximate surface area is 259 Å². The first-order valence-electron chi connectivity index (χ1n) is 14.3. The summed E-state index contributed by atoms with van der Waals surface area (Å²) in [6.07, 6.45) is 2.16. The van der Waals surface area contributed by atoms with Gasteiger partial charge in [-0.1, -0.05) is 0 Å². The van der Waals surface area contributed by atoms with Gasteiger partial charge in [-0.2, -0.15) is 0 Å². The molecule has 4 aromatic carbocycles. The van der Waals surface area contributed by atoms with Gasteiger partial charge in [-0.15, -0.1) is 0 Å². The summed E-state index contributed by atoms with van der Waals surface area (Å²) < 4.78 is 47.2. The average Bonchev–Trinajstić information content (AvgIpc) is 3.05. The lowest BCUT2D eigenvalue weighted by molar-refractivity contribution is 0.387. The van der Waals surface area contributed by atoms with Crippen LogP contribution in [-0.4, -0.2) is 56.9 Å². The zero-order valence-electron chi connectivity index (χ0n) is 26.7. The van der Waals surface area contributed by atoms with Crippen LogP contribution in [0.1, 0.15) is 44.5 Å². The summed E-state index contributed by atoms with van der Waals surface area (Å²) in [5, 5.41) is 0. The Balaban J connectivity index is 1.79. The average molecular weight is 601 g/mol. The van der Waals surface area contributed by atoms with E-state index in [1.54, 1.807) is 56.9 Å². The normalized spacial score (nSPS) is 12.2. The van der Waals surface area contributed by atoms with Crippen molar-refractivity contribution < 1.29 is 37.9 Å².